The second kappa shape index (κ2) is 6.33. The predicted octanol–water partition coefficient (Wildman–Crippen LogP) is 3.69. The third-order valence-corrected chi connectivity index (χ3v) is 4.41. The Bertz CT molecular complexity index is 203. The van der Waals surface area contributed by atoms with Gasteiger partial charge in [-0.25, -0.2) is 0 Å². The Morgan fingerprint density at radius 3 is 2.40 bits per heavy atom. The van der Waals surface area contributed by atoms with Crippen molar-refractivity contribution in [3.8, 4) is 0 Å². The normalized spacial score (nSPS) is 29.8. The number of hydrogen-bond acceptors (Lipinski definition) is 2. The predicted molar refractivity (Wildman–Crippen MR) is 90.4 cm³/mol. The summed E-state index contributed by atoms with van der Waals surface area (Å²) in [6.45, 7) is 10.1. The lowest BCUT2D eigenvalue weighted by Gasteiger charge is -2.40. The highest BCUT2D eigenvalue weighted by atomic mass is 127. The van der Waals surface area contributed by atoms with Gasteiger partial charge in [-0.3, -0.25) is 4.90 Å². The van der Waals surface area contributed by atoms with Gasteiger partial charge in [-0.15, -0.1) is 0 Å². The third-order valence-electron chi connectivity index (χ3n) is 2.32. The molecule has 1 rings (SSSR count). The van der Waals surface area contributed by atoms with Crippen LogP contribution in [0.4, 0.5) is 0 Å². The average molecular weight is 549 g/mol. The van der Waals surface area contributed by atoms with Crippen molar-refractivity contribution < 1.29 is 4.74 Å². The Morgan fingerprint density at radius 1 is 1.33 bits per heavy atom. The van der Waals surface area contributed by atoms with Crippen molar-refractivity contribution in [1.82, 2.24) is 4.90 Å². The fourth-order valence-electron chi connectivity index (χ4n) is 1.89. The summed E-state index contributed by atoms with van der Waals surface area (Å²) in [6, 6.07) is 0. The van der Waals surface area contributed by atoms with Crippen LogP contribution in [-0.4, -0.2) is 36.2 Å². The summed E-state index contributed by atoms with van der Waals surface area (Å²) in [5.41, 5.74) is 0. The lowest BCUT2D eigenvalue weighted by Crippen LogP contribution is -2.51. The summed E-state index contributed by atoms with van der Waals surface area (Å²) in [7, 11) is 0. The van der Waals surface area contributed by atoms with Crippen LogP contribution >= 0.6 is 67.8 Å². The zero-order valence-corrected chi connectivity index (χ0v) is 15.8. The fourth-order valence-corrected chi connectivity index (χ4v) is 2.92. The minimum absolute atomic E-state index is 0.164. The molecule has 15 heavy (non-hydrogen) atoms. The highest BCUT2D eigenvalue weighted by Crippen LogP contribution is 2.42. The number of nitrogens with zero attached hydrogens (tertiary/aromatic N) is 1. The first-order valence-corrected chi connectivity index (χ1v) is 8.47. The van der Waals surface area contributed by atoms with Gasteiger partial charge in [0.25, 0.3) is 0 Å². The number of ether oxygens (including phenoxy) is 1. The van der Waals surface area contributed by atoms with Crippen molar-refractivity contribution in [2.75, 3.05) is 19.6 Å². The van der Waals surface area contributed by atoms with E-state index in [-0.39, 0.29) is -0.565 Å². The molecule has 0 radical (unpaired) electrons. The molecule has 5 heteroatoms. The van der Waals surface area contributed by atoms with Gasteiger partial charge in [0.05, 0.1) is 6.10 Å². The van der Waals surface area contributed by atoms with E-state index >= 15 is 0 Å². The molecule has 2 nitrogen and oxygen atoms in total. The third kappa shape index (κ3) is 5.52. The monoisotopic (exact) mass is 549 g/mol. The van der Waals surface area contributed by atoms with Crippen molar-refractivity contribution in [1.29, 1.82) is 0 Å². The highest BCUT2D eigenvalue weighted by molar-refractivity contribution is 14.3. The van der Waals surface area contributed by atoms with Crippen LogP contribution in [0.3, 0.4) is 0 Å². The topological polar surface area (TPSA) is 12.5 Å². The van der Waals surface area contributed by atoms with Gasteiger partial charge in [0.1, 0.15) is 6.10 Å². The Morgan fingerprint density at radius 2 is 1.93 bits per heavy atom. The van der Waals surface area contributed by atoms with E-state index in [0.29, 0.717) is 12.2 Å². The number of rotatable bonds is 3. The van der Waals surface area contributed by atoms with E-state index in [1.165, 1.54) is 6.54 Å². The summed E-state index contributed by atoms with van der Waals surface area (Å²) < 4.78 is 6.16. The van der Waals surface area contributed by atoms with Crippen LogP contribution in [0.25, 0.3) is 0 Å². The van der Waals surface area contributed by atoms with E-state index < -0.39 is 0 Å². The van der Waals surface area contributed by atoms with Crippen molar-refractivity contribution >= 4 is 67.8 Å². The van der Waals surface area contributed by atoms with Gasteiger partial charge in [0, 0.05) is 19.6 Å². The molecule has 0 aromatic carbocycles. The first-order chi connectivity index (χ1) is 6.79. The molecule has 0 spiro atoms. The molecule has 90 valence electrons. The molecule has 1 aliphatic heterocycles. The van der Waals surface area contributed by atoms with Gasteiger partial charge >= 0.3 is 0 Å². The van der Waals surface area contributed by atoms with E-state index in [1.807, 2.05) is 0 Å². The van der Waals surface area contributed by atoms with E-state index in [0.717, 1.165) is 19.0 Å². The standard InChI is InChI=1S/C10H18I3NO/c1-7(2)4-14-5-8(3)15-9(6-14)10(11,12)13/h7-9H,4-6H2,1-3H3/t8-,9-/m1/s1. The van der Waals surface area contributed by atoms with Gasteiger partial charge in [-0.2, -0.15) is 0 Å². The molecule has 1 aliphatic rings. The van der Waals surface area contributed by atoms with Crippen molar-refractivity contribution in [3.05, 3.63) is 0 Å². The van der Waals surface area contributed by atoms with Crippen LogP contribution in [0, 0.1) is 5.92 Å². The van der Waals surface area contributed by atoms with E-state index in [1.54, 1.807) is 0 Å². The van der Waals surface area contributed by atoms with E-state index in [2.05, 4.69) is 93.4 Å². The lowest BCUT2D eigenvalue weighted by atomic mass is 10.1. The quantitative estimate of drug-likeness (QED) is 0.394. The molecular weight excluding hydrogens is 531 g/mol. The van der Waals surface area contributed by atoms with E-state index in [9.17, 15) is 0 Å². The first-order valence-electron chi connectivity index (χ1n) is 5.23. The number of hydrogen-bond donors (Lipinski definition) is 0. The maximum absolute atomic E-state index is 6.00. The molecule has 2 atom stereocenters. The largest absolute Gasteiger partial charge is 0.370 e. The molecule has 0 amide bonds. The second-order valence-corrected chi connectivity index (χ2v) is 15.9. The molecule has 0 bridgehead atoms. The smallest absolute Gasteiger partial charge is 0.151 e. The summed E-state index contributed by atoms with van der Waals surface area (Å²) >= 11 is 7.41. The maximum Gasteiger partial charge on any atom is 0.151 e. The Kier molecular flexibility index (Phi) is 6.40. The fraction of sp³-hybridized carbons (Fsp3) is 1.00. The van der Waals surface area contributed by atoms with Gasteiger partial charge in [-0.1, -0.05) is 81.6 Å². The summed E-state index contributed by atoms with van der Waals surface area (Å²) in [4.78, 5) is 2.54. The van der Waals surface area contributed by atoms with Crippen LogP contribution in [0.15, 0.2) is 0 Å². The summed E-state index contributed by atoms with van der Waals surface area (Å²) in [5.74, 6) is 0.739. The molecule has 0 aromatic heterocycles. The number of halogens is 3. The number of alkyl halides is 3. The zero-order chi connectivity index (χ0) is 11.6. The van der Waals surface area contributed by atoms with Gasteiger partial charge < -0.3 is 4.74 Å². The summed E-state index contributed by atoms with van der Waals surface area (Å²) in [5, 5.41) is 0. The Labute approximate surface area is 134 Å². The van der Waals surface area contributed by atoms with Crippen LogP contribution in [-0.2, 0) is 4.74 Å². The van der Waals surface area contributed by atoms with Crippen LogP contribution in [0.5, 0.6) is 0 Å². The molecule has 1 heterocycles. The SMILES string of the molecule is CC(C)CN1C[C@@H](C)O[C@@H](C(I)(I)I)C1. The van der Waals surface area contributed by atoms with Crippen LogP contribution in [0.2, 0.25) is 0 Å². The van der Waals surface area contributed by atoms with Crippen LogP contribution in [0.1, 0.15) is 20.8 Å². The van der Waals surface area contributed by atoms with Gasteiger partial charge in [0.2, 0.25) is 0 Å². The minimum Gasteiger partial charge on any atom is -0.370 e. The maximum atomic E-state index is 6.00. The Balaban J connectivity index is 2.56. The molecule has 0 aromatic rings. The summed E-state index contributed by atoms with van der Waals surface area (Å²) in [6.07, 6.45) is 0.697. The Hall–Kier alpha value is 2.11. The first kappa shape index (κ1) is 15.2. The van der Waals surface area contributed by atoms with Gasteiger partial charge in [-0.05, 0) is 12.8 Å². The lowest BCUT2D eigenvalue weighted by molar-refractivity contribution is -0.0701. The van der Waals surface area contributed by atoms with E-state index in [4.69, 9.17) is 4.74 Å². The zero-order valence-electron chi connectivity index (χ0n) is 9.34. The van der Waals surface area contributed by atoms with Crippen molar-refractivity contribution in [3.63, 3.8) is 0 Å². The minimum atomic E-state index is 0.164. The number of morpholine rings is 1. The van der Waals surface area contributed by atoms with Crippen LogP contribution < -0.4 is 0 Å². The molecule has 0 aliphatic carbocycles. The van der Waals surface area contributed by atoms with Crippen molar-refractivity contribution in [2.45, 2.75) is 32.4 Å². The van der Waals surface area contributed by atoms with Crippen molar-refractivity contribution in [2.24, 2.45) is 5.92 Å². The molecule has 0 unspecified atom stereocenters. The second-order valence-electron chi connectivity index (χ2n) is 4.59. The van der Waals surface area contributed by atoms with Gasteiger partial charge in [0.15, 0.2) is -0.565 Å². The molecule has 1 fully saturated rings. The molecule has 0 N–H and O–H groups in total. The highest BCUT2D eigenvalue weighted by Gasteiger charge is 2.37. The molecular formula is C10H18I3NO. The molecule has 1 saturated heterocycles. The average Bonchev–Trinajstić information content (AvgIpc) is 1.99. The molecule has 0 saturated carbocycles.